The minimum Gasteiger partial charge on any atom is -0.291 e. The molecule has 0 bridgehead atoms. The molecule has 2 aromatic rings. The van der Waals surface area contributed by atoms with Crippen molar-refractivity contribution >= 4 is 17.5 Å². The van der Waals surface area contributed by atoms with Crippen LogP contribution < -0.4 is 4.57 Å². The molecular weight excluding hydrogens is 246 g/mol. The third-order valence-corrected chi connectivity index (χ3v) is 4.26. The Balaban J connectivity index is 1.69. The Hall–Kier alpha value is -1.62. The van der Waals surface area contributed by atoms with Crippen molar-refractivity contribution in [3.8, 4) is 0 Å². The second kappa shape index (κ2) is 4.94. The third kappa shape index (κ3) is 2.31. The van der Waals surface area contributed by atoms with Crippen LogP contribution >= 0.6 is 11.8 Å². The standard InChI is InChI=1S/C13H14N3OS/c17-13(11-4-2-1-3-5-11)6-15-9-14-16(10-15)12-7-18-8-12/h1-5,9-10,12H,6-8H2/q+1. The number of carbonyl (C=O) groups excluding carboxylic acids is 1. The second-order valence-corrected chi connectivity index (χ2v) is 5.45. The van der Waals surface area contributed by atoms with Gasteiger partial charge in [0.1, 0.15) is 12.6 Å². The average Bonchev–Trinajstić information content (AvgIpc) is 2.76. The number of rotatable bonds is 4. The van der Waals surface area contributed by atoms with E-state index in [9.17, 15) is 4.79 Å². The summed E-state index contributed by atoms with van der Waals surface area (Å²) < 4.78 is 3.80. The molecule has 1 aromatic carbocycles. The smallest absolute Gasteiger partial charge is 0.265 e. The molecule has 2 heterocycles. The number of hydrogen-bond acceptors (Lipinski definition) is 3. The Morgan fingerprint density at radius 3 is 2.83 bits per heavy atom. The third-order valence-electron chi connectivity index (χ3n) is 3.02. The first kappa shape index (κ1) is 11.5. The summed E-state index contributed by atoms with van der Waals surface area (Å²) in [4.78, 5) is 12.0. The lowest BCUT2D eigenvalue weighted by Gasteiger charge is -2.19. The molecule has 4 nitrogen and oxygen atoms in total. The lowest BCUT2D eigenvalue weighted by atomic mass is 10.1. The van der Waals surface area contributed by atoms with Crippen molar-refractivity contribution in [1.29, 1.82) is 0 Å². The Kier molecular flexibility index (Phi) is 3.15. The van der Waals surface area contributed by atoms with Gasteiger partial charge in [-0.05, 0) is 0 Å². The first-order valence-corrected chi connectivity index (χ1v) is 7.07. The van der Waals surface area contributed by atoms with Crippen LogP contribution in [0.3, 0.4) is 0 Å². The molecule has 3 rings (SSSR count). The number of benzene rings is 1. The van der Waals surface area contributed by atoms with E-state index in [1.807, 2.05) is 57.7 Å². The number of ketones is 1. The van der Waals surface area contributed by atoms with Crippen molar-refractivity contribution in [2.24, 2.45) is 0 Å². The molecule has 1 fully saturated rings. The number of carbonyl (C=O) groups is 1. The van der Waals surface area contributed by atoms with Crippen molar-refractivity contribution < 1.29 is 9.36 Å². The molecule has 0 spiro atoms. The number of nitrogens with zero attached hydrogens (tertiary/aromatic N) is 3. The summed E-state index contributed by atoms with van der Waals surface area (Å²) in [7, 11) is 0. The summed E-state index contributed by atoms with van der Waals surface area (Å²) in [5.74, 6) is 2.35. The largest absolute Gasteiger partial charge is 0.291 e. The van der Waals surface area contributed by atoms with Gasteiger partial charge in [-0.2, -0.15) is 11.8 Å². The maximum absolute atomic E-state index is 12.0. The Morgan fingerprint density at radius 2 is 2.17 bits per heavy atom. The van der Waals surface area contributed by atoms with Gasteiger partial charge in [0, 0.05) is 22.2 Å². The molecule has 5 heteroatoms. The fourth-order valence-corrected chi connectivity index (χ4v) is 2.62. The van der Waals surface area contributed by atoms with E-state index in [0.717, 1.165) is 17.1 Å². The molecule has 0 radical (unpaired) electrons. The highest BCUT2D eigenvalue weighted by molar-refractivity contribution is 8.00. The van der Waals surface area contributed by atoms with Crippen molar-refractivity contribution in [2.45, 2.75) is 12.6 Å². The first-order valence-electron chi connectivity index (χ1n) is 5.92. The summed E-state index contributed by atoms with van der Waals surface area (Å²) in [5, 5.41) is 4.30. The number of Topliss-reactive ketones (excluding diaryl/α,β-unsaturated/α-hetero) is 1. The van der Waals surface area contributed by atoms with E-state index in [0.29, 0.717) is 12.6 Å². The number of thioether (sulfide) groups is 1. The maximum Gasteiger partial charge on any atom is 0.265 e. The quantitative estimate of drug-likeness (QED) is 0.615. The van der Waals surface area contributed by atoms with E-state index >= 15 is 0 Å². The predicted molar refractivity (Wildman–Crippen MR) is 69.6 cm³/mol. The molecule has 0 aliphatic carbocycles. The van der Waals surface area contributed by atoms with E-state index in [4.69, 9.17) is 0 Å². The minimum atomic E-state index is 0.114. The van der Waals surface area contributed by atoms with Crippen LogP contribution in [-0.4, -0.2) is 27.1 Å². The first-order chi connectivity index (χ1) is 8.83. The van der Waals surface area contributed by atoms with Crippen LogP contribution in [0.25, 0.3) is 0 Å². The highest BCUT2D eigenvalue weighted by Gasteiger charge is 2.26. The van der Waals surface area contributed by atoms with Gasteiger partial charge in [0.05, 0.1) is 0 Å². The second-order valence-electron chi connectivity index (χ2n) is 4.38. The van der Waals surface area contributed by atoms with Crippen LogP contribution in [0.15, 0.2) is 43.0 Å². The predicted octanol–water partition coefficient (Wildman–Crippen LogP) is 1.34. The monoisotopic (exact) mass is 260 g/mol. The lowest BCUT2D eigenvalue weighted by Crippen LogP contribution is -2.36. The molecule has 18 heavy (non-hydrogen) atoms. The zero-order valence-electron chi connectivity index (χ0n) is 9.90. The van der Waals surface area contributed by atoms with E-state index in [2.05, 4.69) is 5.10 Å². The van der Waals surface area contributed by atoms with Crippen LogP contribution in [0.5, 0.6) is 0 Å². The zero-order valence-corrected chi connectivity index (χ0v) is 10.7. The highest BCUT2D eigenvalue weighted by atomic mass is 32.2. The highest BCUT2D eigenvalue weighted by Crippen LogP contribution is 2.27. The molecule has 0 atom stereocenters. The fourth-order valence-electron chi connectivity index (χ4n) is 1.86. The van der Waals surface area contributed by atoms with E-state index in [1.165, 1.54) is 0 Å². The Labute approximate surface area is 110 Å². The number of aromatic nitrogens is 3. The molecule has 0 amide bonds. The molecule has 1 aliphatic rings. The Bertz CT molecular complexity index is 548. The van der Waals surface area contributed by atoms with Crippen LogP contribution in [0.2, 0.25) is 0 Å². The molecule has 1 aliphatic heterocycles. The van der Waals surface area contributed by atoms with Gasteiger partial charge in [-0.25, -0.2) is 4.57 Å². The van der Waals surface area contributed by atoms with Gasteiger partial charge in [-0.15, -0.1) is 4.68 Å². The molecular formula is C13H14N3OS+. The molecule has 1 aromatic heterocycles. The van der Waals surface area contributed by atoms with Gasteiger partial charge in [0.2, 0.25) is 6.33 Å². The maximum atomic E-state index is 12.0. The minimum absolute atomic E-state index is 0.114. The normalized spacial score (nSPS) is 15.3. The van der Waals surface area contributed by atoms with Crippen molar-refractivity contribution in [2.75, 3.05) is 11.5 Å². The Morgan fingerprint density at radius 1 is 1.39 bits per heavy atom. The van der Waals surface area contributed by atoms with Gasteiger partial charge in [0.15, 0.2) is 5.78 Å². The van der Waals surface area contributed by atoms with Crippen LogP contribution in [0.4, 0.5) is 0 Å². The van der Waals surface area contributed by atoms with Crippen molar-refractivity contribution in [3.63, 3.8) is 0 Å². The van der Waals surface area contributed by atoms with Crippen LogP contribution in [0, 0.1) is 0 Å². The van der Waals surface area contributed by atoms with E-state index in [1.54, 1.807) is 6.33 Å². The van der Waals surface area contributed by atoms with Gasteiger partial charge in [-0.3, -0.25) is 4.79 Å². The fraction of sp³-hybridized carbons (Fsp3) is 0.308. The molecule has 0 unspecified atom stereocenters. The summed E-state index contributed by atoms with van der Waals surface area (Å²) in [6, 6.07) is 9.87. The molecule has 92 valence electrons. The molecule has 0 saturated carbocycles. The van der Waals surface area contributed by atoms with Crippen molar-refractivity contribution in [3.05, 3.63) is 48.5 Å². The van der Waals surface area contributed by atoms with Gasteiger partial charge in [-0.1, -0.05) is 30.3 Å². The zero-order chi connectivity index (χ0) is 12.4. The SMILES string of the molecule is O=C(C[n+]1cnn(C2CSC2)c1)c1ccccc1. The van der Waals surface area contributed by atoms with Gasteiger partial charge >= 0.3 is 0 Å². The summed E-state index contributed by atoms with van der Waals surface area (Å²) in [6.45, 7) is 0.351. The van der Waals surface area contributed by atoms with Crippen LogP contribution in [0.1, 0.15) is 16.4 Å². The summed E-state index contributed by atoms with van der Waals surface area (Å²) in [5.41, 5.74) is 0.747. The number of hydrogen-bond donors (Lipinski definition) is 0. The summed E-state index contributed by atoms with van der Waals surface area (Å²) in [6.07, 6.45) is 3.65. The van der Waals surface area contributed by atoms with E-state index < -0.39 is 0 Å². The topological polar surface area (TPSA) is 38.8 Å². The molecule has 0 N–H and O–H groups in total. The van der Waals surface area contributed by atoms with Crippen molar-refractivity contribution in [1.82, 2.24) is 9.78 Å². The van der Waals surface area contributed by atoms with Gasteiger partial charge < -0.3 is 0 Å². The summed E-state index contributed by atoms with van der Waals surface area (Å²) >= 11 is 1.92. The van der Waals surface area contributed by atoms with Gasteiger partial charge in [0.25, 0.3) is 6.33 Å². The average molecular weight is 260 g/mol. The van der Waals surface area contributed by atoms with Crippen LogP contribution in [-0.2, 0) is 6.54 Å². The lowest BCUT2D eigenvalue weighted by molar-refractivity contribution is -0.684. The van der Waals surface area contributed by atoms with E-state index in [-0.39, 0.29) is 5.78 Å². The molecule has 1 saturated heterocycles.